The Bertz CT molecular complexity index is 510. The quantitative estimate of drug-likeness (QED) is 0.801. The van der Waals surface area contributed by atoms with Gasteiger partial charge in [-0.2, -0.15) is 0 Å². The highest BCUT2D eigenvalue weighted by Gasteiger charge is 2.16. The van der Waals surface area contributed by atoms with Gasteiger partial charge in [-0.3, -0.25) is 9.10 Å². The van der Waals surface area contributed by atoms with E-state index in [2.05, 4.69) is 0 Å². The summed E-state index contributed by atoms with van der Waals surface area (Å²) in [4.78, 5) is 10.6. The van der Waals surface area contributed by atoms with Gasteiger partial charge in [0.25, 0.3) is 0 Å². The molecular formula is C10H14N2O4S. The lowest BCUT2D eigenvalue weighted by molar-refractivity contribution is -0.138. The number of carboxylic acids is 1. The molecule has 0 bridgehead atoms. The summed E-state index contributed by atoms with van der Waals surface area (Å²) in [6.07, 6.45) is 1.09. The number of aliphatic carboxylic acids is 1. The van der Waals surface area contributed by atoms with Gasteiger partial charge in [0, 0.05) is 7.05 Å². The van der Waals surface area contributed by atoms with Gasteiger partial charge in [0.15, 0.2) is 0 Å². The number of carbonyl (C=O) groups is 1. The molecule has 0 aliphatic carbocycles. The molecule has 0 aromatic heterocycles. The lowest BCUT2D eigenvalue weighted by Crippen LogP contribution is -2.25. The van der Waals surface area contributed by atoms with E-state index in [0.29, 0.717) is 11.3 Å². The highest BCUT2D eigenvalue weighted by atomic mass is 32.2. The van der Waals surface area contributed by atoms with E-state index in [1.54, 1.807) is 0 Å². The zero-order chi connectivity index (χ0) is 13.2. The van der Waals surface area contributed by atoms with Crippen LogP contribution in [0.4, 0.5) is 5.69 Å². The summed E-state index contributed by atoms with van der Waals surface area (Å²) in [6.45, 7) is 0. The number of hydrogen-bond donors (Lipinski definition) is 2. The molecule has 0 heterocycles. The van der Waals surface area contributed by atoms with Crippen molar-refractivity contribution in [1.29, 1.82) is 0 Å². The molecule has 1 rings (SSSR count). The van der Waals surface area contributed by atoms with Crippen LogP contribution in [0.5, 0.6) is 0 Å². The molecule has 17 heavy (non-hydrogen) atoms. The van der Waals surface area contributed by atoms with Gasteiger partial charge in [-0.25, -0.2) is 8.42 Å². The Hall–Kier alpha value is -1.60. The lowest BCUT2D eigenvalue weighted by atomic mass is 10.1. The smallest absolute Gasteiger partial charge is 0.325 e. The maximum atomic E-state index is 11.3. The third-order valence-corrected chi connectivity index (χ3v) is 3.59. The molecule has 0 aliphatic heterocycles. The van der Waals surface area contributed by atoms with Crippen LogP contribution in [0, 0.1) is 0 Å². The molecule has 1 aromatic carbocycles. The molecule has 1 unspecified atom stereocenters. The standard InChI is InChI=1S/C10H14N2O4S/c1-12(17(2,15)16)8-5-3-7(4-6-8)9(11)10(13)14/h3-6,9H,11H2,1-2H3,(H,13,14). The Morgan fingerprint density at radius 1 is 1.35 bits per heavy atom. The highest BCUT2D eigenvalue weighted by Crippen LogP contribution is 2.19. The first kappa shape index (κ1) is 13.5. The van der Waals surface area contributed by atoms with Gasteiger partial charge < -0.3 is 10.8 Å². The van der Waals surface area contributed by atoms with Crippen molar-refractivity contribution in [3.05, 3.63) is 29.8 Å². The maximum Gasteiger partial charge on any atom is 0.325 e. The fraction of sp³-hybridized carbons (Fsp3) is 0.300. The highest BCUT2D eigenvalue weighted by molar-refractivity contribution is 7.92. The third kappa shape index (κ3) is 3.18. The summed E-state index contributed by atoms with van der Waals surface area (Å²) >= 11 is 0. The number of benzene rings is 1. The Kier molecular flexibility index (Phi) is 3.74. The number of nitrogens with two attached hydrogens (primary N) is 1. The summed E-state index contributed by atoms with van der Waals surface area (Å²) in [5.74, 6) is -1.13. The summed E-state index contributed by atoms with van der Waals surface area (Å²) in [5.41, 5.74) is 6.29. The van der Waals surface area contributed by atoms with Crippen molar-refractivity contribution in [2.75, 3.05) is 17.6 Å². The fourth-order valence-corrected chi connectivity index (χ4v) is 1.73. The SMILES string of the molecule is CN(c1ccc(C(N)C(=O)O)cc1)S(C)(=O)=O. The number of nitrogens with zero attached hydrogens (tertiary/aromatic N) is 1. The van der Waals surface area contributed by atoms with Gasteiger partial charge in [-0.15, -0.1) is 0 Å². The van der Waals surface area contributed by atoms with Gasteiger partial charge in [0.1, 0.15) is 6.04 Å². The Balaban J connectivity index is 3.00. The molecule has 0 aliphatic rings. The van der Waals surface area contributed by atoms with Gasteiger partial charge in [0.2, 0.25) is 10.0 Å². The first-order chi connectivity index (χ1) is 7.73. The second kappa shape index (κ2) is 4.72. The lowest BCUT2D eigenvalue weighted by Gasteiger charge is -2.17. The molecular weight excluding hydrogens is 244 g/mol. The van der Waals surface area contributed by atoms with E-state index in [1.165, 1.54) is 31.3 Å². The largest absolute Gasteiger partial charge is 0.480 e. The van der Waals surface area contributed by atoms with Crippen LogP contribution in [0.2, 0.25) is 0 Å². The molecule has 6 nitrogen and oxygen atoms in total. The predicted octanol–water partition coefficient (Wildman–Crippen LogP) is 0.167. The predicted molar refractivity (Wildman–Crippen MR) is 64.3 cm³/mol. The van der Waals surface area contributed by atoms with Gasteiger partial charge in [-0.1, -0.05) is 12.1 Å². The average Bonchev–Trinajstić information content (AvgIpc) is 2.26. The second-order valence-corrected chi connectivity index (χ2v) is 5.65. The normalized spacial score (nSPS) is 13.1. The van der Waals surface area contributed by atoms with Crippen LogP contribution in [0.25, 0.3) is 0 Å². The summed E-state index contributed by atoms with van der Waals surface area (Å²) in [7, 11) is -1.90. The minimum Gasteiger partial charge on any atom is -0.480 e. The minimum atomic E-state index is -3.32. The monoisotopic (exact) mass is 258 g/mol. The number of carboxylic acid groups (broad SMARTS) is 1. The first-order valence-corrected chi connectivity index (χ1v) is 6.60. The van der Waals surface area contributed by atoms with E-state index >= 15 is 0 Å². The molecule has 1 atom stereocenters. The molecule has 94 valence electrons. The molecule has 0 spiro atoms. The molecule has 3 N–H and O–H groups in total. The van der Waals surface area contributed by atoms with Crippen molar-refractivity contribution >= 4 is 21.7 Å². The molecule has 1 aromatic rings. The summed E-state index contributed by atoms with van der Waals surface area (Å²) in [5, 5.41) is 8.71. The minimum absolute atomic E-state index is 0.420. The van der Waals surface area contributed by atoms with Crippen molar-refractivity contribution < 1.29 is 18.3 Å². The van der Waals surface area contributed by atoms with Crippen LogP contribution in [0.15, 0.2) is 24.3 Å². The zero-order valence-electron chi connectivity index (χ0n) is 9.49. The maximum absolute atomic E-state index is 11.3. The topological polar surface area (TPSA) is 101 Å². The van der Waals surface area contributed by atoms with E-state index in [-0.39, 0.29) is 0 Å². The van der Waals surface area contributed by atoms with E-state index in [9.17, 15) is 13.2 Å². The van der Waals surface area contributed by atoms with Crippen molar-refractivity contribution in [2.24, 2.45) is 5.73 Å². The molecule has 0 amide bonds. The molecule has 7 heteroatoms. The van der Waals surface area contributed by atoms with Crippen molar-refractivity contribution in [1.82, 2.24) is 0 Å². The van der Waals surface area contributed by atoms with Crippen molar-refractivity contribution in [2.45, 2.75) is 6.04 Å². The summed E-state index contributed by atoms with van der Waals surface area (Å²) < 4.78 is 23.6. The molecule has 0 radical (unpaired) electrons. The van der Waals surface area contributed by atoms with Crippen LogP contribution in [0.1, 0.15) is 11.6 Å². The Labute approximate surface area is 99.7 Å². The zero-order valence-corrected chi connectivity index (χ0v) is 10.3. The van der Waals surface area contributed by atoms with Crippen molar-refractivity contribution in [3.8, 4) is 0 Å². The van der Waals surface area contributed by atoms with E-state index in [1.807, 2.05) is 0 Å². The third-order valence-electron chi connectivity index (χ3n) is 2.38. The number of hydrogen-bond acceptors (Lipinski definition) is 4. The Morgan fingerprint density at radius 3 is 2.18 bits per heavy atom. The molecule has 0 saturated heterocycles. The number of sulfonamides is 1. The Morgan fingerprint density at radius 2 is 1.82 bits per heavy atom. The van der Waals surface area contributed by atoms with Crippen LogP contribution < -0.4 is 10.0 Å². The van der Waals surface area contributed by atoms with Crippen molar-refractivity contribution in [3.63, 3.8) is 0 Å². The van der Waals surface area contributed by atoms with Crippen LogP contribution >= 0.6 is 0 Å². The number of anilines is 1. The van der Waals surface area contributed by atoms with Gasteiger partial charge in [0.05, 0.1) is 11.9 Å². The van der Waals surface area contributed by atoms with E-state index in [0.717, 1.165) is 10.6 Å². The van der Waals surface area contributed by atoms with Crippen LogP contribution in [-0.2, 0) is 14.8 Å². The van der Waals surface area contributed by atoms with Gasteiger partial charge >= 0.3 is 5.97 Å². The number of rotatable bonds is 4. The second-order valence-electron chi connectivity index (χ2n) is 3.64. The van der Waals surface area contributed by atoms with E-state index in [4.69, 9.17) is 10.8 Å². The fourth-order valence-electron chi connectivity index (χ4n) is 1.23. The van der Waals surface area contributed by atoms with Crippen LogP contribution in [-0.4, -0.2) is 32.8 Å². The first-order valence-electron chi connectivity index (χ1n) is 4.75. The van der Waals surface area contributed by atoms with Gasteiger partial charge in [-0.05, 0) is 17.7 Å². The summed E-state index contributed by atoms with van der Waals surface area (Å²) in [6, 6.07) is 4.91. The molecule has 0 saturated carbocycles. The average molecular weight is 258 g/mol. The van der Waals surface area contributed by atoms with Crippen LogP contribution in [0.3, 0.4) is 0 Å². The van der Waals surface area contributed by atoms with E-state index < -0.39 is 22.0 Å². The molecule has 0 fully saturated rings.